The quantitative estimate of drug-likeness (QED) is 0.701. The summed E-state index contributed by atoms with van der Waals surface area (Å²) in [5.74, 6) is 0. The first kappa shape index (κ1) is 8.20. The van der Waals surface area contributed by atoms with Crippen LogP contribution in [-0.2, 0) is 13.2 Å². The van der Waals surface area contributed by atoms with E-state index in [0.717, 1.165) is 5.56 Å². The average Bonchev–Trinajstić information content (AvgIpc) is 2.48. The van der Waals surface area contributed by atoms with E-state index in [0.29, 0.717) is 13.0 Å². The van der Waals surface area contributed by atoms with E-state index in [1.165, 1.54) is 0 Å². The number of aromatic nitrogens is 2. The molecule has 3 nitrogen and oxygen atoms in total. The van der Waals surface area contributed by atoms with Gasteiger partial charge in [0, 0.05) is 18.3 Å². The fourth-order valence-corrected chi connectivity index (χ4v) is 0.832. The molecule has 0 aliphatic rings. The van der Waals surface area contributed by atoms with Gasteiger partial charge in [0.25, 0.3) is 0 Å². The van der Waals surface area contributed by atoms with Crippen LogP contribution >= 0.6 is 0 Å². The van der Waals surface area contributed by atoms with Crippen LogP contribution in [0, 0.1) is 0 Å². The van der Waals surface area contributed by atoms with Crippen molar-refractivity contribution in [2.75, 3.05) is 6.67 Å². The molecule has 0 atom stereocenters. The van der Waals surface area contributed by atoms with Gasteiger partial charge in [-0.3, -0.25) is 9.07 Å². The highest BCUT2D eigenvalue weighted by Gasteiger charge is 1.95. The largest absolute Gasteiger partial charge is 0.392 e. The molecule has 0 saturated heterocycles. The zero-order chi connectivity index (χ0) is 8.10. The monoisotopic (exact) mass is 158 g/mol. The van der Waals surface area contributed by atoms with Crippen LogP contribution in [0.3, 0.4) is 0 Å². The van der Waals surface area contributed by atoms with Crippen molar-refractivity contribution in [2.24, 2.45) is 0 Å². The molecule has 0 amide bonds. The van der Waals surface area contributed by atoms with Gasteiger partial charge in [-0.05, 0) is 6.42 Å². The van der Waals surface area contributed by atoms with E-state index in [9.17, 15) is 4.39 Å². The Balaban J connectivity index is 2.44. The van der Waals surface area contributed by atoms with Gasteiger partial charge in [-0.2, -0.15) is 5.10 Å². The van der Waals surface area contributed by atoms with E-state index in [-0.39, 0.29) is 13.3 Å². The molecule has 0 fully saturated rings. The molecule has 1 aromatic heterocycles. The summed E-state index contributed by atoms with van der Waals surface area (Å²) in [6.07, 6.45) is 3.78. The Kier molecular flexibility index (Phi) is 3.04. The van der Waals surface area contributed by atoms with Crippen LogP contribution in [0.25, 0.3) is 0 Å². The van der Waals surface area contributed by atoms with Crippen molar-refractivity contribution in [3.8, 4) is 0 Å². The summed E-state index contributed by atoms with van der Waals surface area (Å²) >= 11 is 0. The molecule has 0 aliphatic carbocycles. The van der Waals surface area contributed by atoms with E-state index in [2.05, 4.69) is 5.10 Å². The highest BCUT2D eigenvalue weighted by atomic mass is 19.1. The van der Waals surface area contributed by atoms with Crippen molar-refractivity contribution in [1.29, 1.82) is 0 Å². The van der Waals surface area contributed by atoms with E-state index in [1.54, 1.807) is 17.1 Å². The van der Waals surface area contributed by atoms with Crippen LogP contribution in [0.2, 0.25) is 0 Å². The fourth-order valence-electron chi connectivity index (χ4n) is 0.832. The van der Waals surface area contributed by atoms with Crippen LogP contribution in [-0.4, -0.2) is 21.6 Å². The van der Waals surface area contributed by atoms with Gasteiger partial charge in [0.05, 0.1) is 19.5 Å². The summed E-state index contributed by atoms with van der Waals surface area (Å²) in [5.41, 5.74) is 0.767. The molecule has 1 aromatic rings. The number of aryl methyl sites for hydroxylation is 1. The smallest absolute Gasteiger partial charge is 0.0912 e. The third-order valence-electron chi connectivity index (χ3n) is 1.39. The second-order valence-corrected chi connectivity index (χ2v) is 2.31. The van der Waals surface area contributed by atoms with Crippen LogP contribution in [0.5, 0.6) is 0 Å². The van der Waals surface area contributed by atoms with Crippen molar-refractivity contribution in [2.45, 2.75) is 19.6 Å². The number of hydrogen-bond donors (Lipinski definition) is 1. The lowest BCUT2D eigenvalue weighted by atomic mass is 10.4. The number of nitrogens with zero attached hydrogens (tertiary/aromatic N) is 2. The van der Waals surface area contributed by atoms with E-state index < -0.39 is 0 Å². The van der Waals surface area contributed by atoms with Crippen molar-refractivity contribution >= 4 is 0 Å². The maximum atomic E-state index is 11.7. The topological polar surface area (TPSA) is 38.1 Å². The molecule has 1 N–H and O–H groups in total. The standard InChI is InChI=1S/C7H11FN2O/c8-2-1-3-10-5-7(6-11)4-9-10/h4-5,11H,1-3,6H2. The number of rotatable bonds is 4. The minimum absolute atomic E-state index is 0.00434. The molecule has 0 bridgehead atoms. The summed E-state index contributed by atoms with van der Waals surface area (Å²) in [4.78, 5) is 0. The third-order valence-corrected chi connectivity index (χ3v) is 1.39. The van der Waals surface area contributed by atoms with E-state index in [1.807, 2.05) is 0 Å². The first-order valence-corrected chi connectivity index (χ1v) is 3.55. The predicted octanol–water partition coefficient (Wildman–Crippen LogP) is 0.735. The van der Waals surface area contributed by atoms with Crippen LogP contribution < -0.4 is 0 Å². The maximum absolute atomic E-state index is 11.7. The molecule has 0 aromatic carbocycles. The molecular formula is C7H11FN2O. The molecule has 1 rings (SSSR count). The highest BCUT2D eigenvalue weighted by molar-refractivity contribution is 5.01. The van der Waals surface area contributed by atoms with E-state index in [4.69, 9.17) is 5.11 Å². The van der Waals surface area contributed by atoms with Gasteiger partial charge in [0.2, 0.25) is 0 Å². The van der Waals surface area contributed by atoms with E-state index >= 15 is 0 Å². The lowest BCUT2D eigenvalue weighted by Crippen LogP contribution is -1.98. The molecule has 1 heterocycles. The zero-order valence-corrected chi connectivity index (χ0v) is 6.20. The molecule has 11 heavy (non-hydrogen) atoms. The summed E-state index contributed by atoms with van der Waals surface area (Å²) in [6.45, 7) is 0.250. The zero-order valence-electron chi connectivity index (χ0n) is 6.20. The average molecular weight is 158 g/mol. The number of halogens is 1. The Morgan fingerprint density at radius 2 is 2.45 bits per heavy atom. The second kappa shape index (κ2) is 4.08. The summed E-state index contributed by atoms with van der Waals surface area (Å²) < 4.78 is 13.3. The Hall–Kier alpha value is -0.900. The summed E-state index contributed by atoms with van der Waals surface area (Å²) in [6, 6.07) is 0. The molecule has 0 spiro atoms. The molecule has 4 heteroatoms. The molecule has 0 aliphatic heterocycles. The van der Waals surface area contributed by atoms with Gasteiger partial charge in [0.1, 0.15) is 0 Å². The minimum atomic E-state index is -0.325. The van der Waals surface area contributed by atoms with Crippen molar-refractivity contribution in [1.82, 2.24) is 9.78 Å². The lowest BCUT2D eigenvalue weighted by Gasteiger charge is -1.95. The fraction of sp³-hybridized carbons (Fsp3) is 0.571. The number of alkyl halides is 1. The predicted molar refractivity (Wildman–Crippen MR) is 38.7 cm³/mol. The first-order valence-electron chi connectivity index (χ1n) is 3.55. The Morgan fingerprint density at radius 3 is 3.00 bits per heavy atom. The summed E-state index contributed by atoms with van der Waals surface area (Å²) in [7, 11) is 0. The van der Waals surface area contributed by atoms with Gasteiger partial charge in [-0.1, -0.05) is 0 Å². The normalized spacial score (nSPS) is 10.4. The van der Waals surface area contributed by atoms with Crippen LogP contribution in [0.15, 0.2) is 12.4 Å². The second-order valence-electron chi connectivity index (χ2n) is 2.31. The molecule has 0 saturated carbocycles. The van der Waals surface area contributed by atoms with Crippen molar-refractivity contribution in [3.05, 3.63) is 18.0 Å². The van der Waals surface area contributed by atoms with Crippen molar-refractivity contribution in [3.63, 3.8) is 0 Å². The lowest BCUT2D eigenvalue weighted by molar-refractivity contribution is 0.281. The third kappa shape index (κ3) is 2.31. The van der Waals surface area contributed by atoms with Gasteiger partial charge in [-0.15, -0.1) is 0 Å². The Morgan fingerprint density at radius 1 is 1.64 bits per heavy atom. The molecular weight excluding hydrogens is 147 g/mol. The minimum Gasteiger partial charge on any atom is -0.392 e. The summed E-state index contributed by atoms with van der Waals surface area (Å²) in [5, 5.41) is 12.6. The van der Waals surface area contributed by atoms with Gasteiger partial charge >= 0.3 is 0 Å². The van der Waals surface area contributed by atoms with Crippen molar-refractivity contribution < 1.29 is 9.50 Å². The molecule has 0 radical (unpaired) electrons. The molecule has 62 valence electrons. The van der Waals surface area contributed by atoms with Crippen LogP contribution in [0.1, 0.15) is 12.0 Å². The SMILES string of the molecule is OCc1cnn(CCCF)c1. The maximum Gasteiger partial charge on any atom is 0.0912 e. The number of hydrogen-bond acceptors (Lipinski definition) is 2. The van der Waals surface area contributed by atoms with Gasteiger partial charge < -0.3 is 5.11 Å². The number of aliphatic hydroxyl groups is 1. The molecule has 0 unspecified atom stereocenters. The van der Waals surface area contributed by atoms with Gasteiger partial charge in [0.15, 0.2) is 0 Å². The Labute approximate surface area is 64.5 Å². The van der Waals surface area contributed by atoms with Gasteiger partial charge in [-0.25, -0.2) is 0 Å². The highest BCUT2D eigenvalue weighted by Crippen LogP contribution is 1.97. The Bertz CT molecular complexity index is 212. The first-order chi connectivity index (χ1) is 5.36. The van der Waals surface area contributed by atoms with Crippen LogP contribution in [0.4, 0.5) is 4.39 Å². The number of aliphatic hydroxyl groups excluding tert-OH is 1.